The molecule has 0 aliphatic carbocycles. The minimum absolute atomic E-state index is 0.559. The van der Waals surface area contributed by atoms with Crippen molar-refractivity contribution in [3.05, 3.63) is 30.6 Å². The van der Waals surface area contributed by atoms with Crippen LogP contribution in [0.5, 0.6) is 5.75 Å². The molecule has 0 unspecified atom stereocenters. The van der Waals surface area contributed by atoms with Gasteiger partial charge < -0.3 is 14.6 Å². The molecule has 0 aliphatic heterocycles. The quantitative estimate of drug-likeness (QED) is 0.825. The SMILES string of the molecule is COc1cnc(NCc2nccn2C)nc1. The third-order valence-electron chi connectivity index (χ3n) is 2.19. The van der Waals surface area contributed by atoms with Gasteiger partial charge in [0.2, 0.25) is 5.95 Å². The molecule has 1 N–H and O–H groups in total. The van der Waals surface area contributed by atoms with E-state index in [-0.39, 0.29) is 0 Å². The average molecular weight is 219 g/mol. The second-order valence-corrected chi connectivity index (χ2v) is 3.25. The minimum Gasteiger partial charge on any atom is -0.494 e. The number of nitrogens with one attached hydrogen (secondary N) is 1. The Hall–Kier alpha value is -2.11. The van der Waals surface area contributed by atoms with Crippen molar-refractivity contribution < 1.29 is 4.74 Å². The summed E-state index contributed by atoms with van der Waals surface area (Å²) in [6, 6.07) is 0. The normalized spacial score (nSPS) is 10.1. The molecule has 0 spiro atoms. The Bertz CT molecular complexity index is 450. The fourth-order valence-corrected chi connectivity index (χ4v) is 1.24. The molecule has 0 atom stereocenters. The van der Waals surface area contributed by atoms with Gasteiger partial charge in [-0.25, -0.2) is 15.0 Å². The summed E-state index contributed by atoms with van der Waals surface area (Å²) in [5.41, 5.74) is 0. The summed E-state index contributed by atoms with van der Waals surface area (Å²) >= 11 is 0. The third kappa shape index (κ3) is 2.28. The Morgan fingerprint density at radius 2 is 2.06 bits per heavy atom. The number of hydrogen-bond donors (Lipinski definition) is 1. The van der Waals surface area contributed by atoms with Crippen molar-refractivity contribution in [2.75, 3.05) is 12.4 Å². The first-order valence-corrected chi connectivity index (χ1v) is 4.85. The van der Waals surface area contributed by atoms with Gasteiger partial charge in [-0.05, 0) is 0 Å². The highest BCUT2D eigenvalue weighted by Crippen LogP contribution is 2.07. The molecule has 2 aromatic rings. The van der Waals surface area contributed by atoms with E-state index in [2.05, 4.69) is 20.3 Å². The van der Waals surface area contributed by atoms with E-state index in [1.807, 2.05) is 17.8 Å². The first-order chi connectivity index (χ1) is 7.79. The van der Waals surface area contributed by atoms with Gasteiger partial charge in [0.05, 0.1) is 26.0 Å². The molecule has 0 aliphatic rings. The second kappa shape index (κ2) is 4.61. The molecule has 2 rings (SSSR count). The number of anilines is 1. The summed E-state index contributed by atoms with van der Waals surface area (Å²) < 4.78 is 6.91. The molecule has 16 heavy (non-hydrogen) atoms. The summed E-state index contributed by atoms with van der Waals surface area (Å²) in [4.78, 5) is 12.4. The van der Waals surface area contributed by atoms with Gasteiger partial charge in [-0.1, -0.05) is 0 Å². The van der Waals surface area contributed by atoms with Crippen LogP contribution in [0.4, 0.5) is 5.95 Å². The molecule has 6 nitrogen and oxygen atoms in total. The molecule has 0 saturated carbocycles. The van der Waals surface area contributed by atoms with Gasteiger partial charge in [0.1, 0.15) is 5.82 Å². The monoisotopic (exact) mass is 219 g/mol. The lowest BCUT2D eigenvalue weighted by atomic mass is 10.5. The Balaban J connectivity index is 1.97. The summed E-state index contributed by atoms with van der Waals surface area (Å²) in [5.74, 6) is 2.13. The van der Waals surface area contributed by atoms with E-state index in [1.54, 1.807) is 25.7 Å². The summed E-state index contributed by atoms with van der Waals surface area (Å²) in [6.07, 6.45) is 6.89. The Kier molecular flexibility index (Phi) is 3.00. The van der Waals surface area contributed by atoms with Gasteiger partial charge in [-0.3, -0.25) is 0 Å². The zero-order chi connectivity index (χ0) is 11.4. The fraction of sp³-hybridized carbons (Fsp3) is 0.300. The van der Waals surface area contributed by atoms with E-state index in [4.69, 9.17) is 4.74 Å². The van der Waals surface area contributed by atoms with Crippen LogP contribution in [-0.4, -0.2) is 26.6 Å². The molecule has 84 valence electrons. The number of imidazole rings is 1. The maximum absolute atomic E-state index is 4.97. The van der Waals surface area contributed by atoms with Crippen LogP contribution >= 0.6 is 0 Å². The number of aromatic nitrogens is 4. The first-order valence-electron chi connectivity index (χ1n) is 4.85. The van der Waals surface area contributed by atoms with Gasteiger partial charge >= 0.3 is 0 Å². The van der Waals surface area contributed by atoms with E-state index in [9.17, 15) is 0 Å². The second-order valence-electron chi connectivity index (χ2n) is 3.25. The van der Waals surface area contributed by atoms with E-state index < -0.39 is 0 Å². The molecule has 0 amide bonds. The van der Waals surface area contributed by atoms with Crippen molar-refractivity contribution in [1.29, 1.82) is 0 Å². The molecule has 0 bridgehead atoms. The zero-order valence-electron chi connectivity index (χ0n) is 9.21. The lowest BCUT2D eigenvalue weighted by Crippen LogP contribution is -2.07. The average Bonchev–Trinajstić information content (AvgIpc) is 2.73. The van der Waals surface area contributed by atoms with Crippen molar-refractivity contribution in [2.24, 2.45) is 7.05 Å². The lowest BCUT2D eigenvalue weighted by molar-refractivity contribution is 0.411. The third-order valence-corrected chi connectivity index (χ3v) is 2.19. The highest BCUT2D eigenvalue weighted by Gasteiger charge is 2.00. The van der Waals surface area contributed by atoms with Crippen molar-refractivity contribution in [3.63, 3.8) is 0 Å². The van der Waals surface area contributed by atoms with E-state index >= 15 is 0 Å². The predicted molar refractivity (Wildman–Crippen MR) is 59.1 cm³/mol. The Labute approximate surface area is 93.3 Å². The zero-order valence-corrected chi connectivity index (χ0v) is 9.21. The number of hydrogen-bond acceptors (Lipinski definition) is 5. The maximum Gasteiger partial charge on any atom is 0.223 e. The molecule has 2 aromatic heterocycles. The van der Waals surface area contributed by atoms with Gasteiger partial charge in [-0.2, -0.15) is 0 Å². The smallest absolute Gasteiger partial charge is 0.223 e. The van der Waals surface area contributed by atoms with Gasteiger partial charge in [0, 0.05) is 19.4 Å². The first kappa shape index (κ1) is 10.4. The largest absolute Gasteiger partial charge is 0.494 e. The topological polar surface area (TPSA) is 64.9 Å². The van der Waals surface area contributed by atoms with Crippen LogP contribution in [0, 0.1) is 0 Å². The van der Waals surface area contributed by atoms with E-state index in [0.29, 0.717) is 18.2 Å². The van der Waals surface area contributed by atoms with E-state index in [1.165, 1.54) is 0 Å². The summed E-state index contributed by atoms with van der Waals surface area (Å²) in [6.45, 7) is 0.593. The highest BCUT2D eigenvalue weighted by atomic mass is 16.5. The van der Waals surface area contributed by atoms with Crippen molar-refractivity contribution >= 4 is 5.95 Å². The number of aryl methyl sites for hydroxylation is 1. The van der Waals surface area contributed by atoms with Crippen LogP contribution in [0.3, 0.4) is 0 Å². The minimum atomic E-state index is 0.559. The van der Waals surface area contributed by atoms with Crippen LogP contribution in [0.2, 0.25) is 0 Å². The highest BCUT2D eigenvalue weighted by molar-refractivity contribution is 5.27. The lowest BCUT2D eigenvalue weighted by Gasteiger charge is -2.05. The predicted octanol–water partition coefficient (Wildman–Crippen LogP) is 0.831. The molecular formula is C10H13N5O. The van der Waals surface area contributed by atoms with Gasteiger partial charge in [0.15, 0.2) is 5.75 Å². The number of rotatable bonds is 4. The molecule has 0 radical (unpaired) electrons. The van der Waals surface area contributed by atoms with Crippen LogP contribution in [0.25, 0.3) is 0 Å². The molecule has 0 aromatic carbocycles. The maximum atomic E-state index is 4.97. The van der Waals surface area contributed by atoms with Crippen LogP contribution in [0.15, 0.2) is 24.8 Å². The van der Waals surface area contributed by atoms with Crippen molar-refractivity contribution in [3.8, 4) is 5.75 Å². The van der Waals surface area contributed by atoms with Crippen LogP contribution < -0.4 is 10.1 Å². The standard InChI is InChI=1S/C10H13N5O/c1-15-4-3-11-9(15)7-14-10-12-5-8(16-2)6-13-10/h3-6H,7H2,1-2H3,(H,12,13,14). The van der Waals surface area contributed by atoms with Crippen molar-refractivity contribution in [1.82, 2.24) is 19.5 Å². The Morgan fingerprint density at radius 3 is 2.62 bits per heavy atom. The molecular weight excluding hydrogens is 206 g/mol. The Morgan fingerprint density at radius 1 is 1.31 bits per heavy atom. The van der Waals surface area contributed by atoms with E-state index in [0.717, 1.165) is 5.82 Å². The molecule has 0 fully saturated rings. The number of ether oxygens (including phenoxy) is 1. The summed E-state index contributed by atoms with van der Waals surface area (Å²) in [5, 5.41) is 3.08. The number of methoxy groups -OCH3 is 1. The molecule has 0 saturated heterocycles. The molecule has 2 heterocycles. The van der Waals surface area contributed by atoms with Crippen LogP contribution in [0.1, 0.15) is 5.82 Å². The van der Waals surface area contributed by atoms with Gasteiger partial charge in [0.25, 0.3) is 0 Å². The fourth-order valence-electron chi connectivity index (χ4n) is 1.24. The molecule has 6 heteroatoms. The number of nitrogens with zero attached hydrogens (tertiary/aromatic N) is 4. The van der Waals surface area contributed by atoms with Gasteiger partial charge in [-0.15, -0.1) is 0 Å². The van der Waals surface area contributed by atoms with Crippen LogP contribution in [-0.2, 0) is 13.6 Å². The van der Waals surface area contributed by atoms with Crippen molar-refractivity contribution in [2.45, 2.75) is 6.54 Å². The summed E-state index contributed by atoms with van der Waals surface area (Å²) in [7, 11) is 3.53.